The lowest BCUT2D eigenvalue weighted by molar-refractivity contribution is -0.138. The molecule has 152 valence electrons. The predicted octanol–water partition coefficient (Wildman–Crippen LogP) is 2.48. The van der Waals surface area contributed by atoms with E-state index in [9.17, 15) is 27.9 Å². The molecule has 0 saturated heterocycles. The van der Waals surface area contributed by atoms with Gasteiger partial charge in [-0.2, -0.15) is 13.2 Å². The number of rotatable bonds is 10. The zero-order chi connectivity index (χ0) is 20.7. The van der Waals surface area contributed by atoms with Crippen molar-refractivity contribution in [3.8, 4) is 0 Å². The first-order valence-corrected chi connectivity index (χ1v) is 8.72. The summed E-state index contributed by atoms with van der Waals surface area (Å²) in [5.41, 5.74) is -1.63. The van der Waals surface area contributed by atoms with Gasteiger partial charge in [-0.3, -0.25) is 9.59 Å². The topological polar surface area (TPSA) is 86.6 Å². The van der Waals surface area contributed by atoms with Gasteiger partial charge < -0.3 is 15.5 Å². The predicted molar refractivity (Wildman–Crippen MR) is 93.9 cm³/mol. The summed E-state index contributed by atoms with van der Waals surface area (Å²) >= 11 is 0. The summed E-state index contributed by atoms with van der Waals surface area (Å²) in [5, 5.41) is 21.4. The number of ketones is 1. The van der Waals surface area contributed by atoms with Gasteiger partial charge in [-0.25, -0.2) is 0 Å². The molecule has 0 heterocycles. The Kier molecular flexibility index (Phi) is 8.43. The zero-order valence-electron chi connectivity index (χ0n) is 15.5. The normalized spacial score (nSPS) is 13.3. The van der Waals surface area contributed by atoms with E-state index in [-0.39, 0.29) is 43.8 Å². The maximum absolute atomic E-state index is 12.9. The molecular formula is C19H26F3NO4. The van der Waals surface area contributed by atoms with Crippen LogP contribution in [0, 0.1) is 5.41 Å². The molecule has 0 aliphatic rings. The molecule has 3 N–H and O–H groups in total. The van der Waals surface area contributed by atoms with Crippen molar-refractivity contribution in [1.29, 1.82) is 0 Å². The zero-order valence-corrected chi connectivity index (χ0v) is 15.5. The summed E-state index contributed by atoms with van der Waals surface area (Å²) in [5.74, 6) is -0.835. The smallest absolute Gasteiger partial charge is 0.396 e. The van der Waals surface area contributed by atoms with Crippen molar-refractivity contribution in [2.45, 2.75) is 51.8 Å². The minimum absolute atomic E-state index is 0.00425. The monoisotopic (exact) mass is 389 g/mol. The van der Waals surface area contributed by atoms with Crippen molar-refractivity contribution < 1.29 is 33.0 Å². The number of alkyl halides is 3. The number of hydrogen-bond donors (Lipinski definition) is 3. The number of hydrogen-bond acceptors (Lipinski definition) is 4. The van der Waals surface area contributed by atoms with Gasteiger partial charge in [0.25, 0.3) is 0 Å². The van der Waals surface area contributed by atoms with E-state index in [1.807, 2.05) is 0 Å². The fourth-order valence-electron chi connectivity index (χ4n) is 2.45. The summed E-state index contributed by atoms with van der Waals surface area (Å²) in [6, 6.07) is 5.17. The Morgan fingerprint density at radius 2 is 1.78 bits per heavy atom. The third-order valence-electron chi connectivity index (χ3n) is 4.32. The fraction of sp³-hybridized carbons (Fsp3) is 0.579. The summed E-state index contributed by atoms with van der Waals surface area (Å²) in [7, 11) is 0. The number of nitrogens with one attached hydrogen (secondary N) is 1. The number of halogens is 3. The molecule has 1 aromatic rings. The van der Waals surface area contributed by atoms with Crippen molar-refractivity contribution in [1.82, 2.24) is 5.32 Å². The van der Waals surface area contributed by atoms with Crippen molar-refractivity contribution in [2.75, 3.05) is 13.2 Å². The molecule has 0 unspecified atom stereocenters. The Bertz CT molecular complexity index is 644. The van der Waals surface area contributed by atoms with Crippen LogP contribution in [0.2, 0.25) is 0 Å². The summed E-state index contributed by atoms with van der Waals surface area (Å²) < 4.78 is 38.7. The molecule has 1 atom stereocenters. The maximum atomic E-state index is 12.9. The SMILES string of the molecule is CC(C)(CO)[C@@H](O)C(=O)NCCCC(=O)CCc1ccccc1C(F)(F)F. The minimum Gasteiger partial charge on any atom is -0.396 e. The Morgan fingerprint density at radius 1 is 1.15 bits per heavy atom. The molecule has 0 aliphatic heterocycles. The summed E-state index contributed by atoms with van der Waals surface area (Å²) in [6.45, 7) is 2.88. The molecule has 0 radical (unpaired) electrons. The van der Waals surface area contributed by atoms with Crippen LogP contribution in [0.15, 0.2) is 24.3 Å². The van der Waals surface area contributed by atoms with Gasteiger partial charge in [0.2, 0.25) is 5.91 Å². The van der Waals surface area contributed by atoms with Crippen LogP contribution in [0.25, 0.3) is 0 Å². The van der Waals surface area contributed by atoms with Gasteiger partial charge in [0.15, 0.2) is 0 Å². The van der Waals surface area contributed by atoms with E-state index in [4.69, 9.17) is 5.11 Å². The Labute approximate surface area is 156 Å². The van der Waals surface area contributed by atoms with Crippen LogP contribution in [0.4, 0.5) is 13.2 Å². The number of aliphatic hydroxyl groups is 2. The second kappa shape index (κ2) is 9.85. The quantitative estimate of drug-likeness (QED) is 0.537. The van der Waals surface area contributed by atoms with Crippen molar-refractivity contribution >= 4 is 11.7 Å². The van der Waals surface area contributed by atoms with Gasteiger partial charge in [0, 0.05) is 24.8 Å². The molecular weight excluding hydrogens is 363 g/mol. The first kappa shape index (κ1) is 23.1. The summed E-state index contributed by atoms with van der Waals surface area (Å²) in [4.78, 5) is 23.7. The lowest BCUT2D eigenvalue weighted by Crippen LogP contribution is -2.45. The van der Waals surface area contributed by atoms with Crippen LogP contribution in [0.1, 0.15) is 44.2 Å². The summed E-state index contributed by atoms with van der Waals surface area (Å²) in [6.07, 6.45) is -5.40. The number of aliphatic hydroxyl groups excluding tert-OH is 2. The molecule has 0 saturated carbocycles. The van der Waals surface area contributed by atoms with Gasteiger partial charge in [-0.1, -0.05) is 32.0 Å². The second-order valence-electron chi connectivity index (χ2n) is 7.14. The maximum Gasteiger partial charge on any atom is 0.416 e. The van der Waals surface area contributed by atoms with E-state index in [2.05, 4.69) is 5.32 Å². The van der Waals surface area contributed by atoms with Gasteiger partial charge in [-0.15, -0.1) is 0 Å². The molecule has 27 heavy (non-hydrogen) atoms. The van der Waals surface area contributed by atoms with Crippen LogP contribution in [0.5, 0.6) is 0 Å². The van der Waals surface area contributed by atoms with Crippen molar-refractivity contribution in [3.05, 3.63) is 35.4 Å². The van der Waals surface area contributed by atoms with Crippen LogP contribution in [-0.2, 0) is 22.2 Å². The number of amides is 1. The number of benzene rings is 1. The number of Topliss-reactive ketones (excluding diaryl/α,β-unsaturated/α-hetero) is 1. The van der Waals surface area contributed by atoms with E-state index in [1.54, 1.807) is 13.8 Å². The highest BCUT2D eigenvalue weighted by molar-refractivity contribution is 5.81. The molecule has 0 aromatic heterocycles. The van der Waals surface area contributed by atoms with Gasteiger partial charge >= 0.3 is 6.18 Å². The standard InChI is InChI=1S/C19H26F3NO4/c1-18(2,12-24)16(26)17(27)23-11-5-7-14(25)10-9-13-6-3-4-8-15(13)19(20,21)22/h3-4,6,8,16,24,26H,5,7,9-12H2,1-2H3,(H,23,27)/t16-/m0/s1. The molecule has 0 fully saturated rings. The van der Waals surface area contributed by atoms with Crippen LogP contribution in [0.3, 0.4) is 0 Å². The highest BCUT2D eigenvalue weighted by Gasteiger charge is 2.33. The Balaban J connectivity index is 2.38. The number of carbonyl (C=O) groups is 2. The first-order valence-electron chi connectivity index (χ1n) is 8.72. The van der Waals surface area contributed by atoms with Crippen LogP contribution >= 0.6 is 0 Å². The van der Waals surface area contributed by atoms with E-state index < -0.39 is 29.2 Å². The van der Waals surface area contributed by atoms with E-state index in [1.165, 1.54) is 18.2 Å². The largest absolute Gasteiger partial charge is 0.416 e. The Morgan fingerprint density at radius 3 is 2.37 bits per heavy atom. The van der Waals surface area contributed by atoms with Gasteiger partial charge in [-0.05, 0) is 24.5 Å². The highest BCUT2D eigenvalue weighted by atomic mass is 19.4. The van der Waals surface area contributed by atoms with Crippen molar-refractivity contribution in [2.24, 2.45) is 5.41 Å². The van der Waals surface area contributed by atoms with Crippen LogP contribution in [-0.4, -0.2) is 41.2 Å². The minimum atomic E-state index is -4.45. The lowest BCUT2D eigenvalue weighted by atomic mass is 9.87. The molecule has 1 aromatic carbocycles. The molecule has 1 amide bonds. The fourth-order valence-corrected chi connectivity index (χ4v) is 2.45. The molecule has 0 aliphatic carbocycles. The third kappa shape index (κ3) is 7.30. The number of aryl methyl sites for hydroxylation is 1. The average molecular weight is 389 g/mol. The van der Waals surface area contributed by atoms with E-state index in [0.29, 0.717) is 6.42 Å². The van der Waals surface area contributed by atoms with Crippen molar-refractivity contribution in [3.63, 3.8) is 0 Å². The van der Waals surface area contributed by atoms with Gasteiger partial charge in [0.1, 0.15) is 11.9 Å². The highest BCUT2D eigenvalue weighted by Crippen LogP contribution is 2.32. The van der Waals surface area contributed by atoms with Crippen LogP contribution < -0.4 is 5.32 Å². The molecule has 5 nitrogen and oxygen atoms in total. The van der Waals surface area contributed by atoms with Gasteiger partial charge in [0.05, 0.1) is 12.2 Å². The third-order valence-corrected chi connectivity index (χ3v) is 4.32. The molecule has 0 spiro atoms. The molecule has 0 bridgehead atoms. The lowest BCUT2D eigenvalue weighted by Gasteiger charge is -2.27. The first-order chi connectivity index (χ1) is 12.5. The van der Waals surface area contributed by atoms with E-state index >= 15 is 0 Å². The molecule has 1 rings (SSSR count). The second-order valence-corrected chi connectivity index (χ2v) is 7.14. The average Bonchev–Trinajstić information content (AvgIpc) is 2.62. The molecule has 8 heteroatoms. The Hall–Kier alpha value is -1.93. The number of carbonyl (C=O) groups excluding carboxylic acids is 2. The van der Waals surface area contributed by atoms with E-state index in [0.717, 1.165) is 6.07 Å².